The third-order valence-corrected chi connectivity index (χ3v) is 6.26. The van der Waals surface area contributed by atoms with Crippen molar-refractivity contribution in [1.29, 1.82) is 0 Å². The molecule has 1 aromatic rings. The van der Waals surface area contributed by atoms with Crippen molar-refractivity contribution in [2.75, 3.05) is 12.3 Å². The number of nitrogens with one attached hydrogen (secondary N) is 1. The molecule has 0 heterocycles. The van der Waals surface area contributed by atoms with Crippen LogP contribution in [0.4, 0.5) is 5.69 Å². The van der Waals surface area contributed by atoms with Gasteiger partial charge in [-0.05, 0) is 49.3 Å². The van der Waals surface area contributed by atoms with Gasteiger partial charge in [0.25, 0.3) is 0 Å². The van der Waals surface area contributed by atoms with Crippen molar-refractivity contribution in [1.82, 2.24) is 4.72 Å². The van der Waals surface area contributed by atoms with E-state index in [1.54, 1.807) is 13.0 Å². The summed E-state index contributed by atoms with van der Waals surface area (Å²) in [4.78, 5) is 0.213. The second-order valence-corrected chi connectivity index (χ2v) is 7.81. The van der Waals surface area contributed by atoms with Crippen LogP contribution in [0, 0.1) is 12.3 Å². The quantitative estimate of drug-likeness (QED) is 0.820. The molecule has 0 bridgehead atoms. The zero-order valence-corrected chi connectivity index (χ0v) is 13.4. The van der Waals surface area contributed by atoms with Gasteiger partial charge in [0, 0.05) is 6.54 Å². The first-order valence-corrected chi connectivity index (χ1v) is 8.71. The van der Waals surface area contributed by atoms with Crippen molar-refractivity contribution in [3.8, 4) is 0 Å². The van der Waals surface area contributed by atoms with Crippen LogP contribution in [0.3, 0.4) is 0 Å². The van der Waals surface area contributed by atoms with Crippen LogP contribution in [0.5, 0.6) is 0 Å². The van der Waals surface area contributed by atoms with E-state index in [1.807, 2.05) is 0 Å². The molecule has 6 heteroatoms. The first-order valence-electron chi connectivity index (χ1n) is 6.85. The fourth-order valence-corrected chi connectivity index (χ4v) is 4.25. The van der Waals surface area contributed by atoms with Crippen LogP contribution in [-0.2, 0) is 10.0 Å². The van der Waals surface area contributed by atoms with Crippen LogP contribution in [0.2, 0.25) is 5.02 Å². The van der Waals surface area contributed by atoms with Gasteiger partial charge in [0.15, 0.2) is 0 Å². The van der Waals surface area contributed by atoms with E-state index in [0.29, 0.717) is 17.1 Å². The molecule has 1 aliphatic carbocycles. The third-order valence-electron chi connectivity index (χ3n) is 4.39. The van der Waals surface area contributed by atoms with E-state index in [1.165, 1.54) is 12.5 Å². The van der Waals surface area contributed by atoms with E-state index >= 15 is 0 Å². The number of hydrogen-bond donors (Lipinski definition) is 2. The van der Waals surface area contributed by atoms with Crippen molar-refractivity contribution >= 4 is 27.3 Å². The van der Waals surface area contributed by atoms with E-state index < -0.39 is 10.0 Å². The summed E-state index contributed by atoms with van der Waals surface area (Å²) in [5.74, 6) is 0. The lowest BCUT2D eigenvalue weighted by Gasteiger charge is -2.41. The Morgan fingerprint density at radius 3 is 2.55 bits per heavy atom. The summed E-state index contributed by atoms with van der Waals surface area (Å²) in [7, 11) is -3.54. The second-order valence-electron chi connectivity index (χ2n) is 5.67. The van der Waals surface area contributed by atoms with Gasteiger partial charge < -0.3 is 5.73 Å². The minimum Gasteiger partial charge on any atom is -0.397 e. The van der Waals surface area contributed by atoms with Crippen molar-refractivity contribution in [3.05, 3.63) is 22.7 Å². The van der Waals surface area contributed by atoms with Crippen LogP contribution in [0.1, 0.15) is 38.2 Å². The molecule has 20 heavy (non-hydrogen) atoms. The van der Waals surface area contributed by atoms with Crippen LogP contribution in [-0.4, -0.2) is 15.0 Å². The summed E-state index contributed by atoms with van der Waals surface area (Å²) in [6, 6.07) is 3.02. The van der Waals surface area contributed by atoms with Crippen LogP contribution >= 0.6 is 11.6 Å². The van der Waals surface area contributed by atoms with Crippen LogP contribution < -0.4 is 10.5 Å². The number of halogens is 1. The van der Waals surface area contributed by atoms with E-state index in [9.17, 15) is 8.42 Å². The highest BCUT2D eigenvalue weighted by molar-refractivity contribution is 7.89. The van der Waals surface area contributed by atoms with Gasteiger partial charge in [0.2, 0.25) is 10.0 Å². The van der Waals surface area contributed by atoms with Gasteiger partial charge in [-0.3, -0.25) is 0 Å². The van der Waals surface area contributed by atoms with Crippen LogP contribution in [0.15, 0.2) is 17.0 Å². The second kappa shape index (κ2) is 5.54. The van der Waals surface area contributed by atoms with Gasteiger partial charge in [-0.25, -0.2) is 13.1 Å². The molecule has 1 aliphatic rings. The number of hydrogen-bond acceptors (Lipinski definition) is 3. The number of aryl methyl sites for hydroxylation is 1. The van der Waals surface area contributed by atoms with Crippen molar-refractivity contribution in [2.24, 2.45) is 5.41 Å². The largest absolute Gasteiger partial charge is 0.397 e. The summed E-state index contributed by atoms with van der Waals surface area (Å²) in [5, 5.41) is 0.380. The van der Waals surface area contributed by atoms with Gasteiger partial charge in [-0.15, -0.1) is 0 Å². The number of nitrogens with two attached hydrogens (primary N) is 1. The molecular formula is C14H21ClN2O2S. The highest BCUT2D eigenvalue weighted by Crippen LogP contribution is 2.43. The van der Waals surface area contributed by atoms with E-state index in [-0.39, 0.29) is 16.0 Å². The molecule has 3 N–H and O–H groups in total. The first-order chi connectivity index (χ1) is 9.30. The van der Waals surface area contributed by atoms with Gasteiger partial charge in [0.1, 0.15) is 0 Å². The van der Waals surface area contributed by atoms with Crippen molar-refractivity contribution in [2.45, 2.75) is 44.4 Å². The van der Waals surface area contributed by atoms with Gasteiger partial charge in [-0.2, -0.15) is 0 Å². The summed E-state index contributed by atoms with van der Waals surface area (Å²) < 4.78 is 27.5. The molecule has 1 saturated carbocycles. The molecule has 1 fully saturated rings. The number of nitrogen functional groups attached to an aromatic ring is 1. The Hall–Kier alpha value is -0.780. The van der Waals surface area contributed by atoms with E-state index in [2.05, 4.69) is 11.6 Å². The zero-order chi connectivity index (χ0) is 15.0. The Bertz CT molecular complexity index is 604. The predicted molar refractivity (Wildman–Crippen MR) is 82.4 cm³/mol. The fraction of sp³-hybridized carbons (Fsp3) is 0.571. The van der Waals surface area contributed by atoms with Crippen molar-refractivity contribution < 1.29 is 8.42 Å². The molecule has 0 radical (unpaired) electrons. The van der Waals surface area contributed by atoms with Gasteiger partial charge in [0.05, 0.1) is 15.6 Å². The molecule has 112 valence electrons. The topological polar surface area (TPSA) is 72.2 Å². The molecule has 0 saturated heterocycles. The number of sulfonamides is 1. The molecule has 0 spiro atoms. The lowest BCUT2D eigenvalue weighted by atomic mass is 9.67. The lowest BCUT2D eigenvalue weighted by Crippen LogP contribution is -2.41. The van der Waals surface area contributed by atoms with Gasteiger partial charge >= 0.3 is 0 Å². The lowest BCUT2D eigenvalue weighted by molar-refractivity contribution is 0.133. The van der Waals surface area contributed by atoms with E-state index in [0.717, 1.165) is 19.3 Å². The van der Waals surface area contributed by atoms with Crippen molar-refractivity contribution in [3.63, 3.8) is 0 Å². The Morgan fingerprint density at radius 2 is 2.05 bits per heavy atom. The maximum Gasteiger partial charge on any atom is 0.240 e. The Kier molecular flexibility index (Phi) is 4.33. The molecular weight excluding hydrogens is 296 g/mol. The molecule has 0 amide bonds. The smallest absolute Gasteiger partial charge is 0.240 e. The summed E-state index contributed by atoms with van der Waals surface area (Å²) in [6.07, 6.45) is 4.36. The average molecular weight is 317 g/mol. The highest BCUT2D eigenvalue weighted by atomic mass is 35.5. The molecule has 0 unspecified atom stereocenters. The SMILES string of the molecule is CCC1(CNS(=O)(=O)c2cc(N)c(Cl)cc2C)CCC1. The Labute approximate surface area is 125 Å². The maximum absolute atomic E-state index is 12.4. The third kappa shape index (κ3) is 2.95. The Balaban J connectivity index is 2.20. The minimum atomic E-state index is -3.54. The summed E-state index contributed by atoms with van der Waals surface area (Å²) in [5.41, 5.74) is 6.74. The molecule has 2 rings (SSSR count). The van der Waals surface area contributed by atoms with Gasteiger partial charge in [-0.1, -0.05) is 24.9 Å². The Morgan fingerprint density at radius 1 is 1.40 bits per heavy atom. The summed E-state index contributed by atoms with van der Waals surface area (Å²) >= 11 is 5.90. The number of rotatable bonds is 5. The van der Waals surface area contributed by atoms with E-state index in [4.69, 9.17) is 17.3 Å². The zero-order valence-electron chi connectivity index (χ0n) is 11.9. The number of benzene rings is 1. The molecule has 0 aliphatic heterocycles. The monoisotopic (exact) mass is 316 g/mol. The first kappa shape index (κ1) is 15.6. The molecule has 1 aromatic carbocycles. The molecule has 0 atom stereocenters. The predicted octanol–water partition coefficient (Wildman–Crippen LogP) is 3.09. The average Bonchev–Trinajstić information content (AvgIpc) is 2.32. The maximum atomic E-state index is 12.4. The van der Waals surface area contributed by atoms with Crippen LogP contribution in [0.25, 0.3) is 0 Å². The molecule has 4 nitrogen and oxygen atoms in total. The number of anilines is 1. The fourth-order valence-electron chi connectivity index (χ4n) is 2.62. The molecule has 0 aromatic heterocycles. The standard InChI is InChI=1S/C14H21ClN2O2S/c1-3-14(5-4-6-14)9-17-20(18,19)13-8-12(16)11(15)7-10(13)2/h7-8,17H,3-6,9,16H2,1-2H3. The summed E-state index contributed by atoms with van der Waals surface area (Å²) in [6.45, 7) is 4.33. The normalized spacial score (nSPS) is 17.8. The minimum absolute atomic E-state index is 0.138. The highest BCUT2D eigenvalue weighted by Gasteiger charge is 2.36.